The summed E-state index contributed by atoms with van der Waals surface area (Å²) in [5, 5.41) is 3.40. The minimum atomic E-state index is -0.942. The Hall–Kier alpha value is -3.32. The van der Waals surface area contributed by atoms with Gasteiger partial charge in [0.15, 0.2) is 5.75 Å². The maximum atomic E-state index is 12.7. The topological polar surface area (TPSA) is 94.8 Å². The molecule has 0 spiro atoms. The van der Waals surface area contributed by atoms with Gasteiger partial charge in [-0.05, 0) is 36.5 Å². The van der Waals surface area contributed by atoms with E-state index in [1.807, 2.05) is 30.3 Å². The van der Waals surface area contributed by atoms with Crippen LogP contribution in [0, 0.1) is 0 Å². The molecular weight excluding hydrogens is 446 g/mol. The largest absolute Gasteiger partial charge is 0.445 e. The summed E-state index contributed by atoms with van der Waals surface area (Å²) < 4.78 is 15.9. The highest BCUT2D eigenvalue weighted by atomic mass is 35.5. The molecule has 8 heteroatoms. The minimum absolute atomic E-state index is 0.0443. The number of esters is 1. The average Bonchev–Trinajstić information content (AvgIpc) is 2.81. The summed E-state index contributed by atoms with van der Waals surface area (Å²) in [6.07, 6.45) is 2.14. The van der Waals surface area contributed by atoms with Crippen molar-refractivity contribution >= 4 is 34.6 Å². The summed E-state index contributed by atoms with van der Waals surface area (Å²) in [6, 6.07) is 12.8. The van der Waals surface area contributed by atoms with Gasteiger partial charge in [-0.2, -0.15) is 0 Å². The maximum Gasteiger partial charge on any atom is 0.408 e. The molecule has 1 N–H and O–H groups in total. The number of hydrogen-bond donors (Lipinski definition) is 1. The molecule has 3 rings (SSSR count). The molecule has 0 bridgehead atoms. The molecule has 7 nitrogen and oxygen atoms in total. The molecule has 1 heterocycles. The van der Waals surface area contributed by atoms with Gasteiger partial charge in [-0.1, -0.05) is 62.2 Å². The highest BCUT2D eigenvalue weighted by Crippen LogP contribution is 2.32. The molecule has 174 valence electrons. The van der Waals surface area contributed by atoms with Gasteiger partial charge in [0.2, 0.25) is 0 Å². The second-order valence-corrected chi connectivity index (χ2v) is 7.97. The van der Waals surface area contributed by atoms with Crippen LogP contribution in [-0.4, -0.2) is 18.1 Å². The molecule has 2 aromatic carbocycles. The van der Waals surface area contributed by atoms with Crippen LogP contribution in [0.5, 0.6) is 5.75 Å². The molecule has 0 aliphatic carbocycles. The van der Waals surface area contributed by atoms with Crippen LogP contribution in [0.15, 0.2) is 57.7 Å². The van der Waals surface area contributed by atoms with Gasteiger partial charge in [0, 0.05) is 17.5 Å². The number of carbonyl (C=O) groups excluding carboxylic acids is 2. The first kappa shape index (κ1) is 24.3. The van der Waals surface area contributed by atoms with Crippen molar-refractivity contribution in [2.45, 2.75) is 52.2 Å². The van der Waals surface area contributed by atoms with Crippen LogP contribution in [0.1, 0.15) is 44.2 Å². The maximum absolute atomic E-state index is 12.7. The monoisotopic (exact) mass is 471 g/mol. The Balaban J connectivity index is 1.70. The lowest BCUT2D eigenvalue weighted by Crippen LogP contribution is -2.42. The van der Waals surface area contributed by atoms with E-state index < -0.39 is 23.7 Å². The molecule has 0 radical (unpaired) electrons. The summed E-state index contributed by atoms with van der Waals surface area (Å²) in [5.74, 6) is -0.664. The number of alkyl carbamates (subject to hydrolysis) is 1. The highest BCUT2D eigenvalue weighted by molar-refractivity contribution is 6.33. The Morgan fingerprint density at radius 3 is 2.58 bits per heavy atom. The Bertz CT molecular complexity index is 1170. The van der Waals surface area contributed by atoms with E-state index >= 15 is 0 Å². The van der Waals surface area contributed by atoms with Gasteiger partial charge in [0.1, 0.15) is 18.2 Å². The van der Waals surface area contributed by atoms with Crippen molar-refractivity contribution in [1.82, 2.24) is 5.32 Å². The number of nitrogens with one attached hydrogen (secondary N) is 1. The Morgan fingerprint density at radius 1 is 1.12 bits per heavy atom. The van der Waals surface area contributed by atoms with E-state index in [0.29, 0.717) is 11.8 Å². The van der Waals surface area contributed by atoms with Crippen LogP contribution < -0.4 is 15.7 Å². The van der Waals surface area contributed by atoms with Gasteiger partial charge in [0.05, 0.1) is 5.02 Å². The SMILES string of the molecule is CCCCc1cc(=O)oc2cc(OC(=O)[C@@H](CC)NC(=O)OCc3ccccc3)c(Cl)cc12. The van der Waals surface area contributed by atoms with E-state index in [1.165, 1.54) is 12.1 Å². The summed E-state index contributed by atoms with van der Waals surface area (Å²) in [6.45, 7) is 3.87. The van der Waals surface area contributed by atoms with Crippen LogP contribution in [-0.2, 0) is 22.6 Å². The summed E-state index contributed by atoms with van der Waals surface area (Å²) in [4.78, 5) is 36.8. The lowest BCUT2D eigenvalue weighted by molar-refractivity contribution is -0.136. The molecular formula is C25H26ClNO6. The van der Waals surface area contributed by atoms with Crippen molar-refractivity contribution in [1.29, 1.82) is 0 Å². The molecule has 0 saturated heterocycles. The van der Waals surface area contributed by atoms with Crippen molar-refractivity contribution in [3.63, 3.8) is 0 Å². The highest BCUT2D eigenvalue weighted by Gasteiger charge is 2.23. The number of rotatable bonds is 9. The number of aryl methyl sites for hydroxylation is 1. The molecule has 1 aromatic heterocycles. The zero-order valence-electron chi connectivity index (χ0n) is 18.6. The van der Waals surface area contributed by atoms with Gasteiger partial charge < -0.3 is 19.2 Å². The lowest BCUT2D eigenvalue weighted by atomic mass is 10.0. The first-order valence-electron chi connectivity index (χ1n) is 10.9. The zero-order valence-corrected chi connectivity index (χ0v) is 19.3. The van der Waals surface area contributed by atoms with Gasteiger partial charge >= 0.3 is 17.7 Å². The predicted molar refractivity (Wildman–Crippen MR) is 126 cm³/mol. The number of carbonyl (C=O) groups is 2. The van der Waals surface area contributed by atoms with E-state index in [4.69, 9.17) is 25.5 Å². The molecule has 33 heavy (non-hydrogen) atoms. The minimum Gasteiger partial charge on any atom is -0.445 e. The van der Waals surface area contributed by atoms with Crippen LogP contribution in [0.4, 0.5) is 4.79 Å². The van der Waals surface area contributed by atoms with Crippen molar-refractivity contribution in [3.8, 4) is 5.75 Å². The number of amides is 1. The molecule has 0 aliphatic rings. The molecule has 3 aromatic rings. The number of hydrogen-bond acceptors (Lipinski definition) is 6. The Labute approximate surface area is 196 Å². The summed E-state index contributed by atoms with van der Waals surface area (Å²) >= 11 is 6.36. The third kappa shape index (κ3) is 6.58. The van der Waals surface area contributed by atoms with Crippen molar-refractivity contribution in [2.24, 2.45) is 0 Å². The fourth-order valence-corrected chi connectivity index (χ4v) is 3.50. The van der Waals surface area contributed by atoms with E-state index in [-0.39, 0.29) is 29.4 Å². The third-order valence-electron chi connectivity index (χ3n) is 5.09. The first-order valence-corrected chi connectivity index (χ1v) is 11.2. The van der Waals surface area contributed by atoms with E-state index in [9.17, 15) is 14.4 Å². The van der Waals surface area contributed by atoms with E-state index in [2.05, 4.69) is 12.2 Å². The molecule has 1 amide bonds. The standard InChI is InChI=1S/C25H26ClNO6/c1-3-5-11-17-12-23(28)32-21-14-22(19(26)13-18(17)21)33-24(29)20(4-2)27-25(30)31-15-16-9-7-6-8-10-16/h6-10,12-14,20H,3-5,11,15H2,1-2H3,(H,27,30)/t20-/m1/s1. The molecule has 1 atom stereocenters. The molecule has 0 aliphatic heterocycles. The van der Waals surface area contributed by atoms with Crippen molar-refractivity contribution < 1.29 is 23.5 Å². The van der Waals surface area contributed by atoms with E-state index in [1.54, 1.807) is 13.0 Å². The van der Waals surface area contributed by atoms with Crippen LogP contribution in [0.3, 0.4) is 0 Å². The van der Waals surface area contributed by atoms with Gasteiger partial charge in [-0.25, -0.2) is 14.4 Å². The van der Waals surface area contributed by atoms with Gasteiger partial charge in [-0.3, -0.25) is 0 Å². The van der Waals surface area contributed by atoms with Gasteiger partial charge in [-0.15, -0.1) is 0 Å². The van der Waals surface area contributed by atoms with Crippen LogP contribution in [0.2, 0.25) is 5.02 Å². The quantitative estimate of drug-likeness (QED) is 0.255. The smallest absolute Gasteiger partial charge is 0.408 e. The van der Waals surface area contributed by atoms with Crippen molar-refractivity contribution in [3.05, 3.63) is 75.1 Å². The first-order chi connectivity index (χ1) is 15.9. The van der Waals surface area contributed by atoms with Gasteiger partial charge in [0.25, 0.3) is 0 Å². The second-order valence-electron chi connectivity index (χ2n) is 7.56. The number of benzene rings is 2. The third-order valence-corrected chi connectivity index (χ3v) is 5.39. The van der Waals surface area contributed by atoms with Crippen molar-refractivity contribution in [2.75, 3.05) is 0 Å². The fourth-order valence-electron chi connectivity index (χ4n) is 3.29. The number of ether oxygens (including phenoxy) is 2. The number of halogens is 1. The Morgan fingerprint density at radius 2 is 1.88 bits per heavy atom. The summed E-state index contributed by atoms with van der Waals surface area (Å²) in [7, 11) is 0. The fraction of sp³-hybridized carbons (Fsp3) is 0.320. The predicted octanol–water partition coefficient (Wildman–Crippen LogP) is 5.40. The molecule has 0 fully saturated rings. The van der Waals surface area contributed by atoms with Crippen LogP contribution >= 0.6 is 11.6 Å². The molecule has 0 saturated carbocycles. The number of fused-ring (bicyclic) bond motifs is 1. The average molecular weight is 472 g/mol. The normalized spacial score (nSPS) is 11.7. The second kappa shape index (κ2) is 11.5. The van der Waals surface area contributed by atoms with Crippen LogP contribution in [0.25, 0.3) is 11.0 Å². The molecule has 0 unspecified atom stereocenters. The zero-order chi connectivity index (χ0) is 23.8. The number of unbranched alkanes of at least 4 members (excludes halogenated alkanes) is 1. The Kier molecular flexibility index (Phi) is 8.49. The lowest BCUT2D eigenvalue weighted by Gasteiger charge is -2.16. The van der Waals surface area contributed by atoms with E-state index in [0.717, 1.165) is 24.0 Å². The summed E-state index contributed by atoms with van der Waals surface area (Å²) in [5.41, 5.74) is 1.45.